The second kappa shape index (κ2) is 9.95. The Balaban J connectivity index is 2.73. The zero-order valence-corrected chi connectivity index (χ0v) is 13.6. The third kappa shape index (κ3) is 5.64. The molecule has 1 N–H and O–H groups in total. The topological polar surface area (TPSA) is 21.3 Å². The number of hydrogen-bond donors (Lipinski definition) is 1. The summed E-state index contributed by atoms with van der Waals surface area (Å²) in [6, 6.07) is 10.9. The summed E-state index contributed by atoms with van der Waals surface area (Å²) in [5, 5.41) is 3.60. The smallest absolute Gasteiger partial charge is 0.0792 e. The third-order valence-electron chi connectivity index (χ3n) is 3.63. The molecule has 1 aromatic rings. The Morgan fingerprint density at radius 3 is 2.30 bits per heavy atom. The maximum atomic E-state index is 6.21. The zero-order valence-electron chi connectivity index (χ0n) is 13.6. The van der Waals surface area contributed by atoms with E-state index in [-0.39, 0.29) is 12.1 Å². The van der Waals surface area contributed by atoms with Gasteiger partial charge in [-0.1, -0.05) is 70.9 Å². The highest BCUT2D eigenvalue weighted by Crippen LogP contribution is 2.25. The van der Waals surface area contributed by atoms with E-state index in [0.717, 1.165) is 19.6 Å². The van der Waals surface area contributed by atoms with E-state index in [2.05, 4.69) is 63.3 Å². The van der Waals surface area contributed by atoms with Crippen molar-refractivity contribution in [1.29, 1.82) is 0 Å². The van der Waals surface area contributed by atoms with Crippen molar-refractivity contribution >= 4 is 0 Å². The summed E-state index contributed by atoms with van der Waals surface area (Å²) in [7, 11) is 0. The van der Waals surface area contributed by atoms with E-state index in [1.807, 2.05) is 0 Å². The highest BCUT2D eigenvalue weighted by molar-refractivity contribution is 5.20. The van der Waals surface area contributed by atoms with Crippen LogP contribution in [-0.4, -0.2) is 19.3 Å². The quantitative estimate of drug-likeness (QED) is 0.633. The van der Waals surface area contributed by atoms with Gasteiger partial charge in [-0.2, -0.15) is 0 Å². The number of benzene rings is 1. The SMILES string of the molecule is CCCCCOC(C(C)C)C(NCC)c1ccccc1. The maximum Gasteiger partial charge on any atom is 0.0792 e. The Morgan fingerprint density at radius 1 is 1.05 bits per heavy atom. The fourth-order valence-electron chi connectivity index (χ4n) is 2.55. The van der Waals surface area contributed by atoms with Crippen molar-refractivity contribution < 1.29 is 4.74 Å². The van der Waals surface area contributed by atoms with Crippen molar-refractivity contribution in [3.05, 3.63) is 35.9 Å². The van der Waals surface area contributed by atoms with E-state index >= 15 is 0 Å². The first-order chi connectivity index (χ1) is 9.70. The van der Waals surface area contributed by atoms with Crippen molar-refractivity contribution in [1.82, 2.24) is 5.32 Å². The summed E-state index contributed by atoms with van der Waals surface area (Å²) < 4.78 is 6.21. The predicted molar refractivity (Wildman–Crippen MR) is 87.0 cm³/mol. The van der Waals surface area contributed by atoms with E-state index in [9.17, 15) is 0 Å². The molecule has 0 fully saturated rings. The molecular weight excluding hydrogens is 246 g/mol. The third-order valence-corrected chi connectivity index (χ3v) is 3.63. The Hall–Kier alpha value is -0.860. The van der Waals surface area contributed by atoms with Gasteiger partial charge in [0.2, 0.25) is 0 Å². The van der Waals surface area contributed by atoms with Crippen LogP contribution in [0.4, 0.5) is 0 Å². The first-order valence-electron chi connectivity index (χ1n) is 8.10. The number of nitrogens with one attached hydrogen (secondary N) is 1. The minimum atomic E-state index is 0.231. The van der Waals surface area contributed by atoms with Crippen molar-refractivity contribution in [3.8, 4) is 0 Å². The van der Waals surface area contributed by atoms with Crippen molar-refractivity contribution in [2.75, 3.05) is 13.2 Å². The van der Waals surface area contributed by atoms with E-state index in [4.69, 9.17) is 4.74 Å². The van der Waals surface area contributed by atoms with Gasteiger partial charge in [-0.15, -0.1) is 0 Å². The first kappa shape index (κ1) is 17.2. The lowest BCUT2D eigenvalue weighted by molar-refractivity contribution is -0.00557. The first-order valence-corrected chi connectivity index (χ1v) is 8.10. The van der Waals surface area contributed by atoms with Gasteiger partial charge in [0.15, 0.2) is 0 Å². The monoisotopic (exact) mass is 277 g/mol. The molecule has 0 spiro atoms. The average molecular weight is 277 g/mol. The molecule has 0 saturated carbocycles. The van der Waals surface area contributed by atoms with Gasteiger partial charge in [0.25, 0.3) is 0 Å². The molecule has 2 unspecified atom stereocenters. The van der Waals surface area contributed by atoms with Crippen LogP contribution >= 0.6 is 0 Å². The number of hydrogen-bond acceptors (Lipinski definition) is 2. The molecule has 0 amide bonds. The zero-order chi connectivity index (χ0) is 14.8. The molecule has 0 aliphatic carbocycles. The van der Waals surface area contributed by atoms with Crippen LogP contribution in [0.3, 0.4) is 0 Å². The minimum absolute atomic E-state index is 0.231. The highest BCUT2D eigenvalue weighted by Gasteiger charge is 2.25. The van der Waals surface area contributed by atoms with Gasteiger partial charge in [0.1, 0.15) is 0 Å². The Kier molecular flexibility index (Phi) is 8.56. The van der Waals surface area contributed by atoms with Gasteiger partial charge < -0.3 is 10.1 Å². The molecule has 2 heteroatoms. The average Bonchev–Trinajstić information content (AvgIpc) is 2.46. The summed E-state index contributed by atoms with van der Waals surface area (Å²) in [5.74, 6) is 0.501. The van der Waals surface area contributed by atoms with E-state index < -0.39 is 0 Å². The van der Waals surface area contributed by atoms with E-state index in [1.165, 1.54) is 18.4 Å². The van der Waals surface area contributed by atoms with Crippen molar-refractivity contribution in [2.24, 2.45) is 5.92 Å². The molecule has 2 atom stereocenters. The molecular formula is C18H31NO. The number of rotatable bonds is 10. The summed E-state index contributed by atoms with van der Waals surface area (Å²) >= 11 is 0. The van der Waals surface area contributed by atoms with Crippen LogP contribution in [0.5, 0.6) is 0 Å². The number of ether oxygens (including phenoxy) is 1. The van der Waals surface area contributed by atoms with Crippen LogP contribution in [0.1, 0.15) is 58.6 Å². The lowest BCUT2D eigenvalue weighted by atomic mass is 9.93. The standard InChI is InChI=1S/C18H31NO/c1-5-7-11-14-20-18(15(3)4)17(19-6-2)16-12-9-8-10-13-16/h8-10,12-13,15,17-19H,5-7,11,14H2,1-4H3. The lowest BCUT2D eigenvalue weighted by Crippen LogP contribution is -2.37. The normalized spacial score (nSPS) is 14.4. The van der Waals surface area contributed by atoms with Gasteiger partial charge in [-0.05, 0) is 24.4 Å². The van der Waals surface area contributed by atoms with Gasteiger partial charge in [-0.3, -0.25) is 0 Å². The molecule has 0 aliphatic heterocycles. The molecule has 2 nitrogen and oxygen atoms in total. The maximum absolute atomic E-state index is 6.21. The van der Waals surface area contributed by atoms with Gasteiger partial charge in [0.05, 0.1) is 12.1 Å². The minimum Gasteiger partial charge on any atom is -0.376 e. The number of unbranched alkanes of at least 4 members (excludes halogenated alkanes) is 2. The van der Waals surface area contributed by atoms with Crippen LogP contribution < -0.4 is 5.32 Å². The highest BCUT2D eigenvalue weighted by atomic mass is 16.5. The molecule has 0 saturated heterocycles. The second-order valence-electron chi connectivity index (χ2n) is 5.73. The molecule has 0 aromatic heterocycles. The summed E-state index contributed by atoms with van der Waals surface area (Å²) in [4.78, 5) is 0. The fourth-order valence-corrected chi connectivity index (χ4v) is 2.55. The van der Waals surface area contributed by atoms with Gasteiger partial charge in [0, 0.05) is 6.61 Å². The molecule has 0 aliphatic rings. The molecule has 1 rings (SSSR count). The molecule has 1 aromatic carbocycles. The van der Waals surface area contributed by atoms with E-state index in [1.54, 1.807) is 0 Å². The largest absolute Gasteiger partial charge is 0.376 e. The Labute approximate surface area is 124 Å². The summed E-state index contributed by atoms with van der Waals surface area (Å²) in [6.07, 6.45) is 3.88. The van der Waals surface area contributed by atoms with Crippen LogP contribution in [0.2, 0.25) is 0 Å². The molecule has 114 valence electrons. The lowest BCUT2D eigenvalue weighted by Gasteiger charge is -2.31. The molecule has 20 heavy (non-hydrogen) atoms. The van der Waals surface area contributed by atoms with E-state index in [0.29, 0.717) is 5.92 Å². The van der Waals surface area contributed by atoms with Crippen LogP contribution in [0.15, 0.2) is 30.3 Å². The summed E-state index contributed by atoms with van der Waals surface area (Å²) in [5.41, 5.74) is 1.32. The Bertz CT molecular complexity index is 337. The Morgan fingerprint density at radius 2 is 1.75 bits per heavy atom. The van der Waals surface area contributed by atoms with Crippen molar-refractivity contribution in [3.63, 3.8) is 0 Å². The molecule has 0 heterocycles. The van der Waals surface area contributed by atoms with Gasteiger partial charge >= 0.3 is 0 Å². The van der Waals surface area contributed by atoms with Crippen LogP contribution in [0, 0.1) is 5.92 Å². The van der Waals surface area contributed by atoms with Crippen LogP contribution in [-0.2, 0) is 4.74 Å². The molecule has 0 bridgehead atoms. The molecule has 0 radical (unpaired) electrons. The van der Waals surface area contributed by atoms with Crippen molar-refractivity contribution in [2.45, 2.75) is 59.1 Å². The van der Waals surface area contributed by atoms with Gasteiger partial charge in [-0.25, -0.2) is 0 Å². The summed E-state index contributed by atoms with van der Waals surface area (Å²) in [6.45, 7) is 10.7. The number of likely N-dealkylation sites (N-methyl/N-ethyl adjacent to an activating group) is 1. The predicted octanol–water partition coefficient (Wildman–Crippen LogP) is 4.57. The second-order valence-corrected chi connectivity index (χ2v) is 5.73. The fraction of sp³-hybridized carbons (Fsp3) is 0.667. The van der Waals surface area contributed by atoms with Crippen LogP contribution in [0.25, 0.3) is 0 Å².